The van der Waals surface area contributed by atoms with Crippen molar-refractivity contribution in [3.63, 3.8) is 0 Å². The van der Waals surface area contributed by atoms with Crippen LogP contribution in [0.5, 0.6) is 0 Å². The van der Waals surface area contributed by atoms with Crippen LogP contribution in [0.1, 0.15) is 0 Å². The first kappa shape index (κ1) is 21.8. The minimum atomic E-state index is -0.145. The van der Waals surface area contributed by atoms with E-state index >= 15 is 0 Å². The van der Waals surface area contributed by atoms with Gasteiger partial charge in [0.05, 0.1) is 5.75 Å². The van der Waals surface area contributed by atoms with Gasteiger partial charge >= 0.3 is 0 Å². The van der Waals surface area contributed by atoms with Crippen molar-refractivity contribution in [2.75, 3.05) is 21.7 Å². The van der Waals surface area contributed by atoms with E-state index in [1.807, 2.05) is 84.9 Å². The van der Waals surface area contributed by atoms with Crippen molar-refractivity contribution in [3.8, 4) is 0 Å². The lowest BCUT2D eigenvalue weighted by Gasteiger charge is -2.10. The number of nitrogens with one attached hydrogen (secondary N) is 3. The molecule has 7 nitrogen and oxygen atoms in total. The van der Waals surface area contributed by atoms with Crippen molar-refractivity contribution in [2.24, 2.45) is 0 Å². The SMILES string of the molecule is O=C(CSc1nc(Nc2ccccc2)nc(Nc2ccccc2)n1)Nc1ccc(Br)cc1. The van der Waals surface area contributed by atoms with Crippen molar-refractivity contribution in [1.29, 1.82) is 0 Å². The first-order valence-electron chi connectivity index (χ1n) is 9.72. The lowest BCUT2D eigenvalue weighted by Crippen LogP contribution is -2.14. The molecule has 0 saturated heterocycles. The Balaban J connectivity index is 1.48. The highest BCUT2D eigenvalue weighted by Crippen LogP contribution is 2.22. The monoisotopic (exact) mass is 506 g/mol. The zero-order valence-electron chi connectivity index (χ0n) is 16.8. The zero-order valence-corrected chi connectivity index (χ0v) is 19.2. The van der Waals surface area contributed by atoms with Gasteiger partial charge in [-0.2, -0.15) is 15.0 Å². The molecule has 1 heterocycles. The number of amides is 1. The molecule has 4 aromatic rings. The Kier molecular flexibility index (Phi) is 7.31. The van der Waals surface area contributed by atoms with Crippen molar-refractivity contribution < 1.29 is 4.79 Å². The summed E-state index contributed by atoms with van der Waals surface area (Å²) in [5.41, 5.74) is 2.44. The van der Waals surface area contributed by atoms with Crippen LogP contribution in [0.2, 0.25) is 0 Å². The molecule has 0 aliphatic carbocycles. The molecule has 4 rings (SSSR count). The van der Waals surface area contributed by atoms with Crippen molar-refractivity contribution in [3.05, 3.63) is 89.4 Å². The van der Waals surface area contributed by atoms with Crippen LogP contribution < -0.4 is 16.0 Å². The van der Waals surface area contributed by atoms with Crippen LogP contribution in [0.4, 0.5) is 29.0 Å². The second-order valence-electron chi connectivity index (χ2n) is 6.59. The van der Waals surface area contributed by atoms with Gasteiger partial charge in [0.1, 0.15) is 0 Å². The van der Waals surface area contributed by atoms with Crippen molar-refractivity contribution >= 4 is 62.6 Å². The Bertz CT molecular complexity index is 1120. The van der Waals surface area contributed by atoms with Gasteiger partial charge < -0.3 is 16.0 Å². The summed E-state index contributed by atoms with van der Waals surface area (Å²) in [4.78, 5) is 25.8. The fourth-order valence-electron chi connectivity index (χ4n) is 2.69. The maximum Gasteiger partial charge on any atom is 0.234 e. The number of hydrogen-bond donors (Lipinski definition) is 3. The van der Waals surface area contributed by atoms with Gasteiger partial charge in [0, 0.05) is 21.5 Å². The summed E-state index contributed by atoms with van der Waals surface area (Å²) in [6.45, 7) is 0. The third-order valence-corrected chi connectivity index (χ3v) is 5.51. The lowest BCUT2D eigenvalue weighted by atomic mass is 10.3. The van der Waals surface area contributed by atoms with Crippen molar-refractivity contribution in [1.82, 2.24) is 15.0 Å². The van der Waals surface area contributed by atoms with Gasteiger partial charge in [0.15, 0.2) is 5.16 Å². The summed E-state index contributed by atoms with van der Waals surface area (Å²) >= 11 is 4.62. The number of nitrogens with zero attached hydrogens (tertiary/aromatic N) is 3. The van der Waals surface area contributed by atoms with Gasteiger partial charge in [-0.05, 0) is 48.5 Å². The second kappa shape index (κ2) is 10.7. The maximum atomic E-state index is 12.4. The van der Waals surface area contributed by atoms with Crippen LogP contribution in [0, 0.1) is 0 Å². The average molecular weight is 507 g/mol. The summed E-state index contributed by atoms with van der Waals surface area (Å²) in [6.07, 6.45) is 0. The molecule has 9 heteroatoms. The van der Waals surface area contributed by atoms with E-state index in [9.17, 15) is 4.79 Å². The minimum Gasteiger partial charge on any atom is -0.325 e. The molecule has 0 aliphatic heterocycles. The smallest absolute Gasteiger partial charge is 0.234 e. The molecule has 0 saturated carbocycles. The van der Waals surface area contributed by atoms with Gasteiger partial charge in [-0.1, -0.05) is 64.1 Å². The van der Waals surface area contributed by atoms with E-state index < -0.39 is 0 Å². The number of thioether (sulfide) groups is 1. The predicted molar refractivity (Wildman–Crippen MR) is 133 cm³/mol. The third-order valence-electron chi connectivity index (χ3n) is 4.14. The van der Waals surface area contributed by atoms with Gasteiger partial charge in [-0.3, -0.25) is 4.79 Å². The standard InChI is InChI=1S/C23H19BrN6OS/c24-16-11-13-19(14-12-16)25-20(31)15-32-23-29-21(26-17-7-3-1-4-8-17)28-22(30-23)27-18-9-5-2-6-10-18/h1-14H,15H2,(H,25,31)(H2,26,27,28,29,30). The molecule has 0 aliphatic rings. The topological polar surface area (TPSA) is 91.8 Å². The number of hydrogen-bond acceptors (Lipinski definition) is 7. The molecule has 0 spiro atoms. The van der Waals surface area contributed by atoms with E-state index in [1.54, 1.807) is 0 Å². The summed E-state index contributed by atoms with van der Waals surface area (Å²) in [6, 6.07) is 26.7. The molecule has 1 aromatic heterocycles. The summed E-state index contributed by atoms with van der Waals surface area (Å²) in [5.74, 6) is 0.795. The number of anilines is 5. The molecule has 1 amide bonds. The largest absolute Gasteiger partial charge is 0.325 e. The number of rotatable bonds is 8. The van der Waals surface area contributed by atoms with E-state index in [0.29, 0.717) is 17.1 Å². The number of carbonyl (C=O) groups is 1. The molecule has 160 valence electrons. The van der Waals surface area contributed by atoms with Crippen LogP contribution >= 0.6 is 27.7 Å². The molecule has 3 N–H and O–H groups in total. The molecule has 0 fully saturated rings. The maximum absolute atomic E-state index is 12.4. The zero-order chi connectivity index (χ0) is 22.2. The summed E-state index contributed by atoms with van der Waals surface area (Å²) in [5, 5.41) is 9.66. The van der Waals surface area contributed by atoms with Crippen molar-refractivity contribution in [2.45, 2.75) is 5.16 Å². The van der Waals surface area contributed by atoms with Crippen LogP contribution in [0.3, 0.4) is 0 Å². The number of benzene rings is 3. The average Bonchev–Trinajstić information content (AvgIpc) is 2.80. The Labute approximate surface area is 198 Å². The highest BCUT2D eigenvalue weighted by molar-refractivity contribution is 9.10. The lowest BCUT2D eigenvalue weighted by molar-refractivity contribution is -0.113. The van der Waals surface area contributed by atoms with E-state index in [0.717, 1.165) is 21.5 Å². The molecule has 32 heavy (non-hydrogen) atoms. The van der Waals surface area contributed by atoms with Crippen LogP contribution in [0.15, 0.2) is 94.6 Å². The molecule has 0 unspecified atom stereocenters. The predicted octanol–water partition coefficient (Wildman–Crippen LogP) is 5.85. The molecule has 0 radical (unpaired) electrons. The number of aromatic nitrogens is 3. The Hall–Kier alpha value is -3.43. The van der Waals surface area contributed by atoms with Crippen LogP contribution in [-0.4, -0.2) is 26.6 Å². The van der Waals surface area contributed by atoms with E-state index in [2.05, 4.69) is 46.8 Å². The van der Waals surface area contributed by atoms with Gasteiger partial charge in [0.25, 0.3) is 0 Å². The van der Waals surface area contributed by atoms with Gasteiger partial charge in [0.2, 0.25) is 17.8 Å². The van der Waals surface area contributed by atoms with Gasteiger partial charge in [-0.25, -0.2) is 0 Å². The third kappa shape index (κ3) is 6.53. The Morgan fingerprint density at radius 3 is 1.78 bits per heavy atom. The van der Waals surface area contributed by atoms with Crippen LogP contribution in [0.25, 0.3) is 0 Å². The number of halogens is 1. The first-order valence-corrected chi connectivity index (χ1v) is 11.5. The first-order chi connectivity index (χ1) is 15.6. The Morgan fingerprint density at radius 1 is 0.719 bits per heavy atom. The Morgan fingerprint density at radius 2 is 1.25 bits per heavy atom. The van der Waals surface area contributed by atoms with Gasteiger partial charge in [-0.15, -0.1) is 0 Å². The number of para-hydroxylation sites is 2. The highest BCUT2D eigenvalue weighted by Gasteiger charge is 2.11. The molecule has 3 aromatic carbocycles. The quantitative estimate of drug-likeness (QED) is 0.258. The molecular weight excluding hydrogens is 488 g/mol. The minimum absolute atomic E-state index is 0.145. The summed E-state index contributed by atoms with van der Waals surface area (Å²) in [7, 11) is 0. The fourth-order valence-corrected chi connectivity index (χ4v) is 3.59. The molecule has 0 bridgehead atoms. The number of carbonyl (C=O) groups excluding carboxylic acids is 1. The molecular formula is C23H19BrN6OS. The molecule has 0 atom stereocenters. The highest BCUT2D eigenvalue weighted by atomic mass is 79.9. The normalized spacial score (nSPS) is 10.4. The van der Waals surface area contributed by atoms with E-state index in [-0.39, 0.29) is 11.7 Å². The van der Waals surface area contributed by atoms with Crippen LogP contribution in [-0.2, 0) is 4.79 Å². The fraction of sp³-hybridized carbons (Fsp3) is 0.0435. The second-order valence-corrected chi connectivity index (χ2v) is 8.45. The van der Waals surface area contributed by atoms with E-state index in [4.69, 9.17) is 0 Å². The summed E-state index contributed by atoms with van der Waals surface area (Å²) < 4.78 is 0.951. The van der Waals surface area contributed by atoms with E-state index in [1.165, 1.54) is 11.8 Å².